The van der Waals surface area contributed by atoms with E-state index in [4.69, 9.17) is 4.74 Å². The van der Waals surface area contributed by atoms with Gasteiger partial charge in [-0.2, -0.15) is 0 Å². The second-order valence-corrected chi connectivity index (χ2v) is 14.1. The molecular formula is C35H58N6O7. The van der Waals surface area contributed by atoms with Crippen LogP contribution < -0.4 is 31.9 Å². The van der Waals surface area contributed by atoms with Gasteiger partial charge >= 0.3 is 0 Å². The van der Waals surface area contributed by atoms with E-state index in [1.54, 1.807) is 0 Å². The van der Waals surface area contributed by atoms with Gasteiger partial charge in [0.25, 0.3) is 0 Å². The quantitative estimate of drug-likeness (QED) is 0.0954. The smallest absolute Gasteiger partial charge is 0.239 e. The van der Waals surface area contributed by atoms with E-state index in [1.165, 1.54) is 5.56 Å². The highest BCUT2D eigenvalue weighted by molar-refractivity contribution is 5.91. The number of ether oxygens (including phenoxy) is 1. The molecule has 1 rings (SSSR count). The van der Waals surface area contributed by atoms with Crippen molar-refractivity contribution in [1.29, 1.82) is 0 Å². The second-order valence-electron chi connectivity index (χ2n) is 14.1. The molecule has 270 valence electrons. The predicted octanol–water partition coefficient (Wildman–Crippen LogP) is 1.66. The third-order valence-corrected chi connectivity index (χ3v) is 7.18. The van der Waals surface area contributed by atoms with Crippen LogP contribution in [0.2, 0.25) is 0 Å². The van der Waals surface area contributed by atoms with Crippen molar-refractivity contribution in [2.75, 3.05) is 45.9 Å². The number of amides is 6. The summed E-state index contributed by atoms with van der Waals surface area (Å²) in [6, 6.07) is 8.12. The Hall–Kier alpha value is -4.00. The summed E-state index contributed by atoms with van der Waals surface area (Å²) in [5.74, 6) is -1.77. The van der Waals surface area contributed by atoms with Crippen LogP contribution in [0.25, 0.3) is 0 Å². The molecule has 0 radical (unpaired) electrons. The zero-order valence-electron chi connectivity index (χ0n) is 29.9. The molecule has 0 spiro atoms. The zero-order chi connectivity index (χ0) is 36.2. The Kier molecular flexibility index (Phi) is 19.1. The van der Waals surface area contributed by atoms with Crippen molar-refractivity contribution in [3.05, 3.63) is 35.4 Å². The van der Waals surface area contributed by atoms with Gasteiger partial charge in [0.05, 0.1) is 44.9 Å². The van der Waals surface area contributed by atoms with Crippen LogP contribution in [0.4, 0.5) is 0 Å². The van der Waals surface area contributed by atoms with Gasteiger partial charge in [0.2, 0.25) is 35.4 Å². The Balaban J connectivity index is 2.18. The number of carbonyl (C=O) groups is 6. The first-order valence-corrected chi connectivity index (χ1v) is 16.7. The highest BCUT2D eigenvalue weighted by Gasteiger charge is 2.24. The van der Waals surface area contributed by atoms with Crippen molar-refractivity contribution < 1.29 is 33.5 Å². The number of hydrogen-bond acceptors (Lipinski definition) is 7. The summed E-state index contributed by atoms with van der Waals surface area (Å²) in [4.78, 5) is 72.4. The number of rotatable bonds is 23. The van der Waals surface area contributed by atoms with Crippen LogP contribution in [-0.2, 0) is 39.9 Å². The third kappa shape index (κ3) is 21.7. The third-order valence-electron chi connectivity index (χ3n) is 7.18. The van der Waals surface area contributed by atoms with Gasteiger partial charge in [-0.3, -0.25) is 28.8 Å². The average Bonchev–Trinajstić information content (AvgIpc) is 3.01. The number of carbonyl (C=O) groups excluding carboxylic acids is 6. The summed E-state index contributed by atoms with van der Waals surface area (Å²) >= 11 is 0. The van der Waals surface area contributed by atoms with Gasteiger partial charge in [0.1, 0.15) is 0 Å². The van der Waals surface area contributed by atoms with Crippen LogP contribution in [0.1, 0.15) is 84.8 Å². The maximum absolute atomic E-state index is 12.5. The van der Waals surface area contributed by atoms with Gasteiger partial charge in [0.15, 0.2) is 0 Å². The molecule has 48 heavy (non-hydrogen) atoms. The molecule has 1 aromatic carbocycles. The first-order chi connectivity index (χ1) is 22.5. The standard InChI is InChI=1S/C35H58N6O7/c1-25(2)10-8-9-11-28(42)36-18-30(44)37-19-31(45)38-20-32(46)39-21-33(47)40-22-34(4,5)23-48-24-35(6,7)41-29(43)17-16-27-14-12-26(3)13-15-27/h12-15,25H,8-11,16-24H2,1-7H3,(H,36,42)(H,37,44)(H,38,45)(H,39,46)(H,40,47)(H,41,43). The monoisotopic (exact) mass is 674 g/mol. The van der Waals surface area contributed by atoms with E-state index in [0.29, 0.717) is 44.9 Å². The zero-order valence-corrected chi connectivity index (χ0v) is 29.9. The van der Waals surface area contributed by atoms with Crippen LogP contribution in [0.5, 0.6) is 0 Å². The Labute approximate surface area is 285 Å². The Morgan fingerprint density at radius 3 is 1.67 bits per heavy atom. The van der Waals surface area contributed by atoms with Gasteiger partial charge in [-0.1, -0.05) is 70.4 Å². The van der Waals surface area contributed by atoms with Gasteiger partial charge in [-0.15, -0.1) is 0 Å². The van der Waals surface area contributed by atoms with Crippen molar-refractivity contribution in [2.45, 2.75) is 92.5 Å². The molecule has 0 aliphatic rings. The van der Waals surface area contributed by atoms with E-state index in [9.17, 15) is 28.8 Å². The molecule has 0 unspecified atom stereocenters. The first kappa shape index (κ1) is 42.0. The fourth-order valence-electron chi connectivity index (χ4n) is 4.35. The summed E-state index contributed by atoms with van der Waals surface area (Å²) in [6.45, 7) is 13.6. The molecule has 0 atom stereocenters. The summed E-state index contributed by atoms with van der Waals surface area (Å²) < 4.78 is 5.89. The van der Waals surface area contributed by atoms with E-state index in [-0.39, 0.29) is 38.0 Å². The van der Waals surface area contributed by atoms with E-state index in [1.807, 2.05) is 58.9 Å². The second kappa shape index (κ2) is 21.8. The molecule has 0 aliphatic heterocycles. The summed E-state index contributed by atoms with van der Waals surface area (Å²) in [5.41, 5.74) is 1.30. The van der Waals surface area contributed by atoms with Crippen LogP contribution in [0, 0.1) is 18.3 Å². The number of unbranched alkanes of at least 4 members (excludes halogenated alkanes) is 1. The molecule has 13 heteroatoms. The maximum Gasteiger partial charge on any atom is 0.239 e. The Morgan fingerprint density at radius 1 is 0.646 bits per heavy atom. The molecule has 0 saturated carbocycles. The molecular weight excluding hydrogens is 616 g/mol. The van der Waals surface area contributed by atoms with Gasteiger partial charge in [-0.05, 0) is 45.1 Å². The van der Waals surface area contributed by atoms with E-state index < -0.39 is 34.6 Å². The van der Waals surface area contributed by atoms with Crippen LogP contribution in [-0.4, -0.2) is 86.9 Å². The number of hydrogen-bond donors (Lipinski definition) is 6. The molecule has 1 aromatic rings. The van der Waals surface area contributed by atoms with Crippen molar-refractivity contribution in [3.8, 4) is 0 Å². The number of aryl methyl sites for hydroxylation is 2. The fraction of sp³-hybridized carbons (Fsp3) is 0.657. The molecule has 0 heterocycles. The van der Waals surface area contributed by atoms with E-state index >= 15 is 0 Å². The largest absolute Gasteiger partial charge is 0.378 e. The van der Waals surface area contributed by atoms with Crippen molar-refractivity contribution in [2.24, 2.45) is 11.3 Å². The predicted molar refractivity (Wildman–Crippen MR) is 185 cm³/mol. The minimum Gasteiger partial charge on any atom is -0.378 e. The highest BCUT2D eigenvalue weighted by Crippen LogP contribution is 2.16. The van der Waals surface area contributed by atoms with Gasteiger partial charge < -0.3 is 36.6 Å². The molecule has 0 fully saturated rings. The Bertz CT molecular complexity index is 1200. The minimum atomic E-state index is -0.588. The fourth-order valence-corrected chi connectivity index (χ4v) is 4.35. The molecule has 0 bridgehead atoms. The lowest BCUT2D eigenvalue weighted by Crippen LogP contribution is -2.48. The first-order valence-electron chi connectivity index (χ1n) is 16.7. The SMILES string of the molecule is Cc1ccc(CCC(=O)NC(C)(C)COCC(C)(C)CNC(=O)CNC(=O)CNC(=O)CNC(=O)CNC(=O)CCCCC(C)C)cc1. The van der Waals surface area contributed by atoms with Crippen molar-refractivity contribution in [3.63, 3.8) is 0 Å². The van der Waals surface area contributed by atoms with E-state index in [2.05, 4.69) is 45.7 Å². The van der Waals surface area contributed by atoms with E-state index in [0.717, 1.165) is 24.8 Å². The summed E-state index contributed by atoms with van der Waals surface area (Å²) in [6.07, 6.45) is 4.13. The Morgan fingerprint density at radius 2 is 1.15 bits per heavy atom. The van der Waals surface area contributed by atoms with Crippen molar-refractivity contribution >= 4 is 35.4 Å². The number of benzene rings is 1. The lowest BCUT2D eigenvalue weighted by atomic mass is 9.94. The average molecular weight is 675 g/mol. The topological polar surface area (TPSA) is 184 Å². The lowest BCUT2D eigenvalue weighted by molar-refractivity contribution is -0.129. The summed E-state index contributed by atoms with van der Waals surface area (Å²) in [7, 11) is 0. The molecule has 0 aromatic heterocycles. The van der Waals surface area contributed by atoms with Gasteiger partial charge in [0, 0.05) is 24.8 Å². The molecule has 6 N–H and O–H groups in total. The maximum atomic E-state index is 12.5. The van der Waals surface area contributed by atoms with Gasteiger partial charge in [-0.25, -0.2) is 0 Å². The van der Waals surface area contributed by atoms with Crippen molar-refractivity contribution in [1.82, 2.24) is 31.9 Å². The lowest BCUT2D eigenvalue weighted by Gasteiger charge is -2.30. The van der Waals surface area contributed by atoms with Crippen LogP contribution in [0.15, 0.2) is 24.3 Å². The molecule has 13 nitrogen and oxygen atoms in total. The summed E-state index contributed by atoms with van der Waals surface area (Å²) in [5, 5.41) is 15.5. The molecule has 0 saturated heterocycles. The minimum absolute atomic E-state index is 0.0516. The highest BCUT2D eigenvalue weighted by atomic mass is 16.5. The normalized spacial score (nSPS) is 11.4. The molecule has 6 amide bonds. The van der Waals surface area contributed by atoms with Crippen LogP contribution >= 0.6 is 0 Å². The van der Waals surface area contributed by atoms with Crippen LogP contribution in [0.3, 0.4) is 0 Å². The molecule has 0 aliphatic carbocycles. The number of nitrogens with one attached hydrogen (secondary N) is 6.